The van der Waals surface area contributed by atoms with Crippen LogP contribution in [0.2, 0.25) is 0 Å². The Morgan fingerprint density at radius 2 is 1.96 bits per heavy atom. The number of benzene rings is 1. The number of piperazine rings is 1. The summed E-state index contributed by atoms with van der Waals surface area (Å²) in [6.45, 7) is 2.98. The van der Waals surface area contributed by atoms with E-state index in [2.05, 4.69) is 31.1 Å². The molecule has 0 atom stereocenters. The average molecular weight is 551 g/mol. The van der Waals surface area contributed by atoms with E-state index in [9.17, 15) is 9.18 Å². The fourth-order valence-corrected chi connectivity index (χ4v) is 3.42. The number of carbonyl (C=O) groups is 1. The van der Waals surface area contributed by atoms with Crippen molar-refractivity contribution in [1.82, 2.24) is 15.1 Å². The third-order valence-corrected chi connectivity index (χ3v) is 4.64. The second-order valence-corrected chi connectivity index (χ2v) is 6.85. The number of nitrogens with one attached hydrogen (secondary N) is 1. The molecule has 1 aromatic heterocycles. The number of nitrogens with zero attached hydrogens (tertiary/aromatic N) is 3. The van der Waals surface area contributed by atoms with Crippen molar-refractivity contribution >= 4 is 51.8 Å². The standard InChI is InChI=1S/C18H20BrFN4O2.HI/c1-21-18(22-12-13-9-14(19)11-15(20)10-13)24-6-4-23(5-7-24)17(25)16-3-2-8-26-16;/h2-3,8-11H,4-7,12H2,1H3,(H,21,22);1H. The van der Waals surface area contributed by atoms with Crippen LogP contribution >= 0.6 is 39.9 Å². The summed E-state index contributed by atoms with van der Waals surface area (Å²) in [5, 5.41) is 3.25. The molecule has 1 fully saturated rings. The van der Waals surface area contributed by atoms with Crippen LogP contribution < -0.4 is 5.32 Å². The van der Waals surface area contributed by atoms with E-state index in [4.69, 9.17) is 4.42 Å². The fraction of sp³-hybridized carbons (Fsp3) is 0.333. The lowest BCUT2D eigenvalue weighted by Gasteiger charge is -2.36. The molecule has 0 aliphatic carbocycles. The third-order valence-electron chi connectivity index (χ3n) is 4.18. The summed E-state index contributed by atoms with van der Waals surface area (Å²) >= 11 is 3.30. The van der Waals surface area contributed by atoms with Crippen molar-refractivity contribution in [2.24, 2.45) is 4.99 Å². The highest BCUT2D eigenvalue weighted by Crippen LogP contribution is 2.15. The van der Waals surface area contributed by atoms with Gasteiger partial charge >= 0.3 is 0 Å². The van der Waals surface area contributed by atoms with Crippen molar-refractivity contribution < 1.29 is 13.6 Å². The zero-order valence-corrected chi connectivity index (χ0v) is 18.7. The highest BCUT2D eigenvalue weighted by atomic mass is 127. The molecular weight excluding hydrogens is 530 g/mol. The number of aliphatic imine (C=N–C) groups is 1. The van der Waals surface area contributed by atoms with Crippen LogP contribution in [0.25, 0.3) is 0 Å². The zero-order valence-electron chi connectivity index (χ0n) is 14.8. The molecule has 9 heteroatoms. The quantitative estimate of drug-likeness (QED) is 0.362. The molecule has 1 amide bonds. The minimum Gasteiger partial charge on any atom is -0.459 e. The first kappa shape index (κ1) is 21.7. The maximum Gasteiger partial charge on any atom is 0.289 e. The van der Waals surface area contributed by atoms with Gasteiger partial charge in [0.1, 0.15) is 5.82 Å². The van der Waals surface area contributed by atoms with Gasteiger partial charge in [-0.1, -0.05) is 15.9 Å². The lowest BCUT2D eigenvalue weighted by molar-refractivity contribution is 0.0657. The first-order valence-corrected chi connectivity index (χ1v) is 9.09. The van der Waals surface area contributed by atoms with Crippen molar-refractivity contribution in [3.05, 3.63) is 58.2 Å². The zero-order chi connectivity index (χ0) is 18.5. The Bertz CT molecular complexity index is 772. The van der Waals surface area contributed by atoms with Crippen LogP contribution in [0.1, 0.15) is 16.1 Å². The van der Waals surface area contributed by atoms with Crippen LogP contribution in [0.3, 0.4) is 0 Å². The lowest BCUT2D eigenvalue weighted by atomic mass is 10.2. The molecule has 1 saturated heterocycles. The molecule has 1 aliphatic heterocycles. The summed E-state index contributed by atoms with van der Waals surface area (Å²) in [5.74, 6) is 0.714. The molecule has 1 aliphatic rings. The van der Waals surface area contributed by atoms with E-state index in [0.717, 1.165) is 11.5 Å². The second-order valence-electron chi connectivity index (χ2n) is 5.94. The maximum atomic E-state index is 13.5. The first-order chi connectivity index (χ1) is 12.6. The first-order valence-electron chi connectivity index (χ1n) is 8.30. The molecule has 0 bridgehead atoms. The van der Waals surface area contributed by atoms with E-state index in [1.165, 1.54) is 18.4 Å². The Kier molecular flexibility index (Phi) is 8.08. The van der Waals surface area contributed by atoms with Crippen molar-refractivity contribution in [2.75, 3.05) is 33.2 Å². The Morgan fingerprint density at radius 3 is 2.56 bits per heavy atom. The lowest BCUT2D eigenvalue weighted by Crippen LogP contribution is -2.53. The normalized spacial score (nSPS) is 14.7. The Hall–Kier alpha value is -1.62. The van der Waals surface area contributed by atoms with Gasteiger partial charge in [0.25, 0.3) is 5.91 Å². The molecule has 0 saturated carbocycles. The second kappa shape index (κ2) is 10.1. The third kappa shape index (κ3) is 5.68. The summed E-state index contributed by atoms with van der Waals surface area (Å²) < 4.78 is 19.4. The molecular formula is C18H21BrFIN4O2. The van der Waals surface area contributed by atoms with Gasteiger partial charge in [0.15, 0.2) is 11.7 Å². The SMILES string of the molecule is CN=C(NCc1cc(F)cc(Br)c1)N1CCN(C(=O)c2ccco2)CC1.I. The van der Waals surface area contributed by atoms with Crippen molar-refractivity contribution in [3.63, 3.8) is 0 Å². The smallest absolute Gasteiger partial charge is 0.289 e. The van der Waals surface area contributed by atoms with Crippen molar-refractivity contribution in [2.45, 2.75) is 6.54 Å². The number of carbonyl (C=O) groups excluding carboxylic acids is 1. The minimum absolute atomic E-state index is 0. The van der Waals surface area contributed by atoms with E-state index in [1.807, 2.05) is 6.07 Å². The van der Waals surface area contributed by atoms with Crippen molar-refractivity contribution in [3.8, 4) is 0 Å². The van der Waals surface area contributed by atoms with E-state index in [1.54, 1.807) is 24.1 Å². The number of hydrogen-bond donors (Lipinski definition) is 1. The van der Waals surface area contributed by atoms with E-state index in [0.29, 0.717) is 43.0 Å². The number of rotatable bonds is 3. The van der Waals surface area contributed by atoms with Gasteiger partial charge in [0.2, 0.25) is 0 Å². The largest absolute Gasteiger partial charge is 0.459 e. The Labute approximate surface area is 182 Å². The maximum absolute atomic E-state index is 13.5. The minimum atomic E-state index is -0.281. The number of hydrogen-bond acceptors (Lipinski definition) is 3. The topological polar surface area (TPSA) is 61.1 Å². The molecule has 2 heterocycles. The van der Waals surface area contributed by atoms with Crippen LogP contribution in [0.4, 0.5) is 4.39 Å². The molecule has 1 aromatic carbocycles. The molecule has 0 unspecified atom stereocenters. The van der Waals surface area contributed by atoms with Crippen molar-refractivity contribution in [1.29, 1.82) is 0 Å². The van der Waals surface area contributed by atoms with E-state index >= 15 is 0 Å². The molecule has 1 N–H and O–H groups in total. The van der Waals surface area contributed by atoms with Gasteiger partial charge in [-0.15, -0.1) is 24.0 Å². The molecule has 2 aromatic rings. The van der Waals surface area contributed by atoms with Gasteiger partial charge < -0.3 is 19.5 Å². The van der Waals surface area contributed by atoms with Gasteiger partial charge in [-0.3, -0.25) is 9.79 Å². The van der Waals surface area contributed by atoms with Gasteiger partial charge in [0.05, 0.1) is 6.26 Å². The summed E-state index contributed by atoms with van der Waals surface area (Å²) in [6.07, 6.45) is 1.50. The highest BCUT2D eigenvalue weighted by molar-refractivity contribution is 14.0. The monoisotopic (exact) mass is 550 g/mol. The Morgan fingerprint density at radius 1 is 1.26 bits per heavy atom. The number of furan rings is 1. The fourth-order valence-electron chi connectivity index (χ4n) is 2.90. The summed E-state index contributed by atoms with van der Waals surface area (Å²) in [5.41, 5.74) is 0.824. The van der Waals surface area contributed by atoms with Crippen LogP contribution in [0.5, 0.6) is 0 Å². The van der Waals surface area contributed by atoms with Gasteiger partial charge in [-0.2, -0.15) is 0 Å². The van der Waals surface area contributed by atoms with Crippen LogP contribution in [0.15, 0.2) is 50.5 Å². The summed E-state index contributed by atoms with van der Waals surface area (Å²) in [4.78, 5) is 20.5. The number of halogens is 3. The Balaban J connectivity index is 0.00000261. The van der Waals surface area contributed by atoms with E-state index in [-0.39, 0.29) is 35.7 Å². The van der Waals surface area contributed by atoms with Crippen LogP contribution in [-0.2, 0) is 6.54 Å². The van der Waals surface area contributed by atoms with Crippen LogP contribution in [0, 0.1) is 5.82 Å². The number of amides is 1. The molecule has 27 heavy (non-hydrogen) atoms. The molecule has 0 spiro atoms. The molecule has 6 nitrogen and oxygen atoms in total. The average Bonchev–Trinajstić information content (AvgIpc) is 3.16. The number of guanidine groups is 1. The van der Waals surface area contributed by atoms with Crippen LogP contribution in [-0.4, -0.2) is 54.9 Å². The summed E-state index contributed by atoms with van der Waals surface area (Å²) in [6, 6.07) is 8.16. The van der Waals surface area contributed by atoms with Gasteiger partial charge in [0, 0.05) is 44.2 Å². The predicted molar refractivity (Wildman–Crippen MR) is 116 cm³/mol. The highest BCUT2D eigenvalue weighted by Gasteiger charge is 2.25. The summed E-state index contributed by atoms with van der Waals surface area (Å²) in [7, 11) is 1.71. The molecule has 0 radical (unpaired) electrons. The molecule has 3 rings (SSSR count). The van der Waals surface area contributed by atoms with Gasteiger partial charge in [-0.05, 0) is 35.9 Å². The predicted octanol–water partition coefficient (Wildman–Crippen LogP) is 3.33. The molecule has 146 valence electrons. The van der Waals surface area contributed by atoms with Gasteiger partial charge in [-0.25, -0.2) is 4.39 Å². The van der Waals surface area contributed by atoms with E-state index < -0.39 is 0 Å².